The highest BCUT2D eigenvalue weighted by Gasteiger charge is 2.27. The Morgan fingerprint density at radius 2 is 2.19 bits per heavy atom. The number of halogens is 3. The summed E-state index contributed by atoms with van der Waals surface area (Å²) in [6.07, 6.45) is -2.99. The molecular formula is C7H10F3N5O. The summed E-state index contributed by atoms with van der Waals surface area (Å²) in [5.41, 5.74) is 0. The van der Waals surface area contributed by atoms with Crippen molar-refractivity contribution in [1.29, 1.82) is 0 Å². The Kier molecular flexibility index (Phi) is 3.69. The van der Waals surface area contributed by atoms with Crippen molar-refractivity contribution in [3.8, 4) is 0 Å². The maximum Gasteiger partial charge on any atom is 0.405 e. The SMILES string of the molecule is Cn1cnc(CNC(=O)NCC(F)(F)F)n1. The molecule has 0 fully saturated rings. The summed E-state index contributed by atoms with van der Waals surface area (Å²) in [6, 6.07) is -0.912. The Hall–Kier alpha value is -1.80. The Labute approximate surface area is 88.8 Å². The van der Waals surface area contributed by atoms with E-state index in [9.17, 15) is 18.0 Å². The molecule has 1 rings (SSSR count). The van der Waals surface area contributed by atoms with Crippen LogP contribution in [-0.2, 0) is 13.6 Å². The summed E-state index contributed by atoms with van der Waals surface area (Å²) >= 11 is 0. The topological polar surface area (TPSA) is 71.8 Å². The number of nitrogens with zero attached hydrogens (tertiary/aromatic N) is 3. The second kappa shape index (κ2) is 4.81. The molecule has 0 radical (unpaired) electrons. The summed E-state index contributed by atoms with van der Waals surface area (Å²) < 4.78 is 36.6. The quantitative estimate of drug-likeness (QED) is 0.787. The van der Waals surface area contributed by atoms with E-state index < -0.39 is 18.8 Å². The molecule has 0 saturated carbocycles. The van der Waals surface area contributed by atoms with Crippen molar-refractivity contribution in [1.82, 2.24) is 25.4 Å². The van der Waals surface area contributed by atoms with Gasteiger partial charge in [0.1, 0.15) is 12.9 Å². The molecule has 0 aliphatic rings. The second-order valence-electron chi connectivity index (χ2n) is 2.99. The van der Waals surface area contributed by atoms with E-state index in [1.54, 1.807) is 12.4 Å². The number of hydrogen-bond donors (Lipinski definition) is 2. The summed E-state index contributed by atoms with van der Waals surface area (Å²) in [5.74, 6) is 0.324. The van der Waals surface area contributed by atoms with Crippen LogP contribution in [-0.4, -0.2) is 33.5 Å². The van der Waals surface area contributed by atoms with E-state index in [-0.39, 0.29) is 6.54 Å². The normalized spacial score (nSPS) is 11.2. The number of urea groups is 1. The minimum atomic E-state index is -4.42. The largest absolute Gasteiger partial charge is 0.405 e. The molecule has 9 heteroatoms. The zero-order chi connectivity index (χ0) is 12.2. The molecule has 0 aliphatic carbocycles. The first kappa shape index (κ1) is 12.3. The Morgan fingerprint density at radius 1 is 1.50 bits per heavy atom. The van der Waals surface area contributed by atoms with Crippen molar-refractivity contribution >= 4 is 6.03 Å². The lowest BCUT2D eigenvalue weighted by Gasteiger charge is -2.08. The molecule has 90 valence electrons. The zero-order valence-corrected chi connectivity index (χ0v) is 8.38. The van der Waals surface area contributed by atoms with E-state index in [1.807, 2.05) is 0 Å². The molecule has 1 aromatic rings. The van der Waals surface area contributed by atoms with Gasteiger partial charge in [-0.1, -0.05) is 0 Å². The lowest BCUT2D eigenvalue weighted by Crippen LogP contribution is -2.40. The van der Waals surface area contributed by atoms with Crippen molar-refractivity contribution < 1.29 is 18.0 Å². The molecule has 6 nitrogen and oxygen atoms in total. The minimum Gasteiger partial charge on any atom is -0.331 e. The van der Waals surface area contributed by atoms with Crippen molar-refractivity contribution in [2.45, 2.75) is 12.7 Å². The average molecular weight is 237 g/mol. The molecule has 0 aliphatic heterocycles. The monoisotopic (exact) mass is 237 g/mol. The third kappa shape index (κ3) is 4.62. The van der Waals surface area contributed by atoms with Gasteiger partial charge in [-0.05, 0) is 0 Å². The predicted octanol–water partition coefficient (Wildman–Crippen LogP) is 0.177. The van der Waals surface area contributed by atoms with Gasteiger partial charge in [0.2, 0.25) is 0 Å². The number of carbonyl (C=O) groups excluding carboxylic acids is 1. The van der Waals surface area contributed by atoms with Gasteiger partial charge in [0.05, 0.1) is 6.54 Å². The van der Waals surface area contributed by atoms with Crippen molar-refractivity contribution in [3.05, 3.63) is 12.2 Å². The van der Waals surface area contributed by atoms with Crippen LogP contribution in [0.25, 0.3) is 0 Å². The number of aryl methyl sites for hydroxylation is 1. The van der Waals surface area contributed by atoms with Crippen LogP contribution >= 0.6 is 0 Å². The summed E-state index contributed by atoms with van der Waals surface area (Å²) in [5, 5.41) is 7.69. The first-order valence-corrected chi connectivity index (χ1v) is 4.30. The van der Waals surface area contributed by atoms with E-state index in [4.69, 9.17) is 0 Å². The summed E-state index contributed by atoms with van der Waals surface area (Å²) in [7, 11) is 1.64. The first-order chi connectivity index (χ1) is 7.37. The Morgan fingerprint density at radius 3 is 2.69 bits per heavy atom. The van der Waals surface area contributed by atoms with Crippen molar-refractivity contribution in [2.75, 3.05) is 6.54 Å². The molecule has 0 spiro atoms. The number of alkyl halides is 3. The lowest BCUT2D eigenvalue weighted by atomic mass is 10.6. The maximum atomic E-state index is 11.7. The fraction of sp³-hybridized carbons (Fsp3) is 0.571. The fourth-order valence-corrected chi connectivity index (χ4v) is 0.867. The van der Waals surface area contributed by atoms with Crippen LogP contribution in [0.3, 0.4) is 0 Å². The molecule has 16 heavy (non-hydrogen) atoms. The van der Waals surface area contributed by atoms with Crippen LogP contribution in [0.15, 0.2) is 6.33 Å². The third-order valence-corrected chi connectivity index (χ3v) is 1.50. The zero-order valence-electron chi connectivity index (χ0n) is 8.38. The number of carbonyl (C=O) groups is 1. The van der Waals surface area contributed by atoms with Gasteiger partial charge in [0.15, 0.2) is 5.82 Å². The highest BCUT2D eigenvalue weighted by molar-refractivity contribution is 5.73. The number of amides is 2. The van der Waals surface area contributed by atoms with Crippen LogP contribution in [0, 0.1) is 0 Å². The van der Waals surface area contributed by atoms with Gasteiger partial charge in [0.25, 0.3) is 0 Å². The highest BCUT2D eigenvalue weighted by Crippen LogP contribution is 2.11. The van der Waals surface area contributed by atoms with Crippen LogP contribution in [0.2, 0.25) is 0 Å². The first-order valence-electron chi connectivity index (χ1n) is 4.30. The van der Waals surface area contributed by atoms with Gasteiger partial charge in [-0.15, -0.1) is 0 Å². The number of rotatable bonds is 3. The number of aromatic nitrogens is 3. The number of nitrogens with one attached hydrogen (secondary N) is 2. The van der Waals surface area contributed by atoms with Crippen LogP contribution in [0.1, 0.15) is 5.82 Å². The van der Waals surface area contributed by atoms with Crippen molar-refractivity contribution in [2.24, 2.45) is 7.05 Å². The molecule has 0 atom stereocenters. The Balaban J connectivity index is 2.25. The van der Waals surface area contributed by atoms with Gasteiger partial charge in [-0.25, -0.2) is 9.78 Å². The summed E-state index contributed by atoms with van der Waals surface area (Å²) in [4.78, 5) is 14.7. The van der Waals surface area contributed by atoms with Gasteiger partial charge in [-0.2, -0.15) is 18.3 Å². The van der Waals surface area contributed by atoms with E-state index >= 15 is 0 Å². The van der Waals surface area contributed by atoms with Gasteiger partial charge >= 0.3 is 12.2 Å². The second-order valence-corrected chi connectivity index (χ2v) is 2.99. The molecule has 2 amide bonds. The standard InChI is InChI=1S/C7H10F3N5O/c1-15-4-13-5(14-15)2-11-6(16)12-3-7(8,9)10/h4H,2-3H2,1H3,(H2,11,12,16). The molecule has 1 heterocycles. The third-order valence-electron chi connectivity index (χ3n) is 1.50. The molecule has 0 aromatic carbocycles. The van der Waals surface area contributed by atoms with E-state index in [2.05, 4.69) is 15.4 Å². The molecular weight excluding hydrogens is 227 g/mol. The van der Waals surface area contributed by atoms with Gasteiger partial charge in [-0.3, -0.25) is 4.68 Å². The van der Waals surface area contributed by atoms with E-state index in [1.165, 1.54) is 11.0 Å². The van der Waals surface area contributed by atoms with E-state index in [0.29, 0.717) is 5.82 Å². The molecule has 2 N–H and O–H groups in total. The van der Waals surface area contributed by atoms with Crippen LogP contribution < -0.4 is 10.6 Å². The smallest absolute Gasteiger partial charge is 0.331 e. The maximum absolute atomic E-state index is 11.7. The predicted molar refractivity (Wildman–Crippen MR) is 47.3 cm³/mol. The van der Waals surface area contributed by atoms with Crippen LogP contribution in [0.5, 0.6) is 0 Å². The van der Waals surface area contributed by atoms with Crippen molar-refractivity contribution in [3.63, 3.8) is 0 Å². The molecule has 0 unspecified atom stereocenters. The molecule has 0 saturated heterocycles. The summed E-state index contributed by atoms with van der Waals surface area (Å²) in [6.45, 7) is -1.39. The highest BCUT2D eigenvalue weighted by atomic mass is 19.4. The average Bonchev–Trinajstić information content (AvgIpc) is 2.57. The Bertz CT molecular complexity index is 361. The molecule has 0 bridgehead atoms. The van der Waals surface area contributed by atoms with Crippen LogP contribution in [0.4, 0.5) is 18.0 Å². The fourth-order valence-electron chi connectivity index (χ4n) is 0.867. The number of hydrogen-bond acceptors (Lipinski definition) is 3. The lowest BCUT2D eigenvalue weighted by molar-refractivity contribution is -0.122. The van der Waals surface area contributed by atoms with Gasteiger partial charge in [0, 0.05) is 7.05 Å². The van der Waals surface area contributed by atoms with E-state index in [0.717, 1.165) is 0 Å². The molecule has 1 aromatic heterocycles. The van der Waals surface area contributed by atoms with Gasteiger partial charge < -0.3 is 10.6 Å². The minimum absolute atomic E-state index is 0.0233.